The molecule has 1 saturated heterocycles. The maximum atomic E-state index is 12.1. The van der Waals surface area contributed by atoms with Crippen molar-refractivity contribution in [1.82, 2.24) is 0 Å². The number of rotatable bonds is 0. The summed E-state index contributed by atoms with van der Waals surface area (Å²) in [5.74, 6) is 1.69. The molecule has 0 spiro atoms. The van der Waals surface area contributed by atoms with Gasteiger partial charge >= 0.3 is 0 Å². The van der Waals surface area contributed by atoms with Crippen LogP contribution in [0.3, 0.4) is 0 Å². The summed E-state index contributed by atoms with van der Waals surface area (Å²) in [6.07, 6.45) is 9.24. The second-order valence-electron chi connectivity index (χ2n) is 8.76. The molecule has 3 aliphatic carbocycles. The lowest BCUT2D eigenvalue weighted by molar-refractivity contribution is -0.197. The van der Waals surface area contributed by atoms with Gasteiger partial charge in [-0.15, -0.1) is 0 Å². The minimum atomic E-state index is 0.119. The fourth-order valence-electron chi connectivity index (χ4n) is 6.27. The molecule has 3 nitrogen and oxygen atoms in total. The Balaban J connectivity index is 1.66. The van der Waals surface area contributed by atoms with E-state index < -0.39 is 0 Å². The lowest BCUT2D eigenvalue weighted by Gasteiger charge is -2.59. The molecule has 6 atom stereocenters. The van der Waals surface area contributed by atoms with Crippen LogP contribution in [0.15, 0.2) is 11.8 Å². The number of fused-ring (bicyclic) bond motifs is 5. The van der Waals surface area contributed by atoms with E-state index in [1.54, 1.807) is 0 Å². The van der Waals surface area contributed by atoms with Gasteiger partial charge in [0, 0.05) is 12.0 Å². The van der Waals surface area contributed by atoms with E-state index in [1.165, 1.54) is 32.1 Å². The highest BCUT2D eigenvalue weighted by atomic mass is 16.5. The first-order valence-corrected chi connectivity index (χ1v) is 8.96. The van der Waals surface area contributed by atoms with Crippen LogP contribution < -0.4 is 0 Å². The van der Waals surface area contributed by atoms with Gasteiger partial charge in [0.1, 0.15) is 0 Å². The molecule has 122 valence electrons. The van der Waals surface area contributed by atoms with Crippen molar-refractivity contribution < 1.29 is 14.6 Å². The van der Waals surface area contributed by atoms with E-state index in [1.807, 2.05) is 0 Å². The molecular formula is C19H28O3. The minimum absolute atomic E-state index is 0.119. The van der Waals surface area contributed by atoms with Gasteiger partial charge in [-0.25, -0.2) is 0 Å². The van der Waals surface area contributed by atoms with Gasteiger partial charge in [0.2, 0.25) is 0 Å². The highest BCUT2D eigenvalue weighted by Gasteiger charge is 2.59. The van der Waals surface area contributed by atoms with Gasteiger partial charge in [0.05, 0.1) is 19.0 Å². The largest absolute Gasteiger partial charge is 0.515 e. The first kappa shape index (κ1) is 14.7. The van der Waals surface area contributed by atoms with E-state index in [0.29, 0.717) is 41.3 Å². The summed E-state index contributed by atoms with van der Waals surface area (Å²) in [5.41, 5.74) is 1.24. The Morgan fingerprint density at radius 3 is 2.82 bits per heavy atom. The summed E-state index contributed by atoms with van der Waals surface area (Å²) in [7, 11) is 0. The quantitative estimate of drug-likeness (QED) is 0.543. The predicted octanol–water partition coefficient (Wildman–Crippen LogP) is 4.03. The molecule has 3 heteroatoms. The smallest absolute Gasteiger partial charge is 0.162 e. The topological polar surface area (TPSA) is 46.5 Å². The van der Waals surface area contributed by atoms with Crippen molar-refractivity contribution in [2.45, 2.75) is 64.9 Å². The number of carbonyl (C=O) groups is 1. The van der Waals surface area contributed by atoms with Crippen LogP contribution in [0.5, 0.6) is 0 Å². The number of aliphatic hydroxyl groups is 1. The van der Waals surface area contributed by atoms with Crippen molar-refractivity contribution in [2.75, 3.05) is 6.61 Å². The summed E-state index contributed by atoms with van der Waals surface area (Å²) in [6, 6.07) is 0. The van der Waals surface area contributed by atoms with Crippen molar-refractivity contribution >= 4 is 5.78 Å². The summed E-state index contributed by atoms with van der Waals surface area (Å²) in [5, 5.41) is 9.44. The van der Waals surface area contributed by atoms with E-state index >= 15 is 0 Å². The maximum absolute atomic E-state index is 12.1. The summed E-state index contributed by atoms with van der Waals surface area (Å²) < 4.78 is 6.38. The van der Waals surface area contributed by atoms with Crippen LogP contribution in [0.25, 0.3) is 0 Å². The molecule has 0 aromatic carbocycles. The molecule has 0 aromatic rings. The van der Waals surface area contributed by atoms with Crippen LogP contribution in [0.4, 0.5) is 0 Å². The molecule has 0 aromatic heterocycles. The molecule has 3 saturated carbocycles. The zero-order valence-electron chi connectivity index (χ0n) is 13.8. The SMILES string of the molecule is C[C@@]12CCC[C@H]1[C@@H]1OCC3CC(=O)C(=CO)C[C@]3(C)[C@H]1CC2. The molecule has 4 fully saturated rings. The van der Waals surface area contributed by atoms with Gasteiger partial charge in [-0.2, -0.15) is 0 Å². The third-order valence-corrected chi connectivity index (χ3v) is 7.76. The summed E-state index contributed by atoms with van der Waals surface area (Å²) >= 11 is 0. The third-order valence-electron chi connectivity index (χ3n) is 7.76. The molecule has 1 N–H and O–H groups in total. The zero-order valence-corrected chi connectivity index (χ0v) is 13.8. The normalized spacial score (nSPS) is 53.0. The first-order valence-electron chi connectivity index (χ1n) is 8.96. The minimum Gasteiger partial charge on any atom is -0.515 e. The Morgan fingerprint density at radius 1 is 1.23 bits per heavy atom. The number of ether oxygens (including phenoxy) is 1. The highest BCUT2D eigenvalue weighted by molar-refractivity contribution is 5.96. The molecule has 1 unspecified atom stereocenters. The second kappa shape index (κ2) is 4.83. The second-order valence-corrected chi connectivity index (χ2v) is 8.76. The van der Waals surface area contributed by atoms with Gasteiger partial charge in [0.25, 0.3) is 0 Å². The van der Waals surface area contributed by atoms with Crippen LogP contribution >= 0.6 is 0 Å². The van der Waals surface area contributed by atoms with Crippen LogP contribution in [-0.4, -0.2) is 23.6 Å². The monoisotopic (exact) mass is 304 g/mol. The van der Waals surface area contributed by atoms with E-state index in [-0.39, 0.29) is 11.2 Å². The Kier molecular flexibility index (Phi) is 3.24. The summed E-state index contributed by atoms with van der Waals surface area (Å²) in [4.78, 5) is 12.1. The van der Waals surface area contributed by atoms with Crippen LogP contribution in [0, 0.1) is 28.6 Å². The standard InChI is InChI=1S/C19H28O3/c1-18-6-3-4-14(18)17-15(5-7-18)19(2)9-12(10-20)16(21)8-13(19)11-22-17/h10,13-15,17,20H,3-9,11H2,1-2H3/t13?,14-,15-,17-,18-,19-/m0/s1. The number of ketones is 1. The van der Waals surface area contributed by atoms with Crippen molar-refractivity contribution in [2.24, 2.45) is 28.6 Å². The van der Waals surface area contributed by atoms with Crippen molar-refractivity contribution in [3.63, 3.8) is 0 Å². The molecule has 0 bridgehead atoms. The Bertz CT molecular complexity index is 525. The molecule has 4 aliphatic rings. The molecular weight excluding hydrogens is 276 g/mol. The first-order chi connectivity index (χ1) is 10.5. The predicted molar refractivity (Wildman–Crippen MR) is 84.5 cm³/mol. The number of hydrogen-bond acceptors (Lipinski definition) is 3. The molecule has 1 aliphatic heterocycles. The summed E-state index contributed by atoms with van der Waals surface area (Å²) in [6.45, 7) is 5.54. The average molecular weight is 304 g/mol. The highest BCUT2D eigenvalue weighted by Crippen LogP contribution is 2.62. The van der Waals surface area contributed by atoms with E-state index in [2.05, 4.69) is 13.8 Å². The third kappa shape index (κ3) is 1.87. The Morgan fingerprint density at radius 2 is 2.05 bits per heavy atom. The molecule has 1 heterocycles. The van der Waals surface area contributed by atoms with Gasteiger partial charge in [-0.05, 0) is 60.7 Å². The van der Waals surface area contributed by atoms with Crippen molar-refractivity contribution in [3.05, 3.63) is 11.8 Å². The fourth-order valence-corrected chi connectivity index (χ4v) is 6.27. The Labute approximate surface area is 133 Å². The Hall–Kier alpha value is -0.830. The molecule has 22 heavy (non-hydrogen) atoms. The molecule has 0 radical (unpaired) electrons. The fraction of sp³-hybridized carbons (Fsp3) is 0.842. The molecule has 4 rings (SSSR count). The number of allylic oxidation sites excluding steroid dienone is 1. The maximum Gasteiger partial charge on any atom is 0.162 e. The van der Waals surface area contributed by atoms with Crippen molar-refractivity contribution in [1.29, 1.82) is 0 Å². The number of carbonyl (C=O) groups excluding carboxylic acids is 1. The van der Waals surface area contributed by atoms with E-state index in [4.69, 9.17) is 4.74 Å². The van der Waals surface area contributed by atoms with Crippen molar-refractivity contribution in [3.8, 4) is 0 Å². The number of Topliss-reactive ketones (excluding diaryl/α,β-unsaturated/α-hetero) is 1. The number of aliphatic hydroxyl groups excluding tert-OH is 1. The van der Waals surface area contributed by atoms with Gasteiger partial charge in [-0.3, -0.25) is 4.79 Å². The van der Waals surface area contributed by atoms with Crippen LogP contribution in [0.1, 0.15) is 58.8 Å². The number of hydrogen-bond donors (Lipinski definition) is 1. The molecule has 0 amide bonds. The van der Waals surface area contributed by atoms with Crippen LogP contribution in [0.2, 0.25) is 0 Å². The van der Waals surface area contributed by atoms with Gasteiger partial charge in [-0.1, -0.05) is 20.3 Å². The van der Waals surface area contributed by atoms with E-state index in [0.717, 1.165) is 19.3 Å². The van der Waals surface area contributed by atoms with E-state index in [9.17, 15) is 9.90 Å². The lowest BCUT2D eigenvalue weighted by Crippen LogP contribution is -2.58. The average Bonchev–Trinajstić information content (AvgIpc) is 2.89. The lowest BCUT2D eigenvalue weighted by atomic mass is 9.50. The van der Waals surface area contributed by atoms with Crippen LogP contribution in [-0.2, 0) is 9.53 Å². The zero-order chi connectivity index (χ0) is 15.5. The van der Waals surface area contributed by atoms with Gasteiger partial charge < -0.3 is 9.84 Å². The van der Waals surface area contributed by atoms with Gasteiger partial charge in [0.15, 0.2) is 5.78 Å².